The van der Waals surface area contributed by atoms with E-state index in [9.17, 15) is 4.79 Å². The van der Waals surface area contributed by atoms with E-state index in [-0.39, 0.29) is 5.78 Å². The minimum Gasteiger partial charge on any atom is -0.294 e. The molecule has 0 aliphatic carbocycles. The van der Waals surface area contributed by atoms with Gasteiger partial charge in [-0.15, -0.1) is 0 Å². The summed E-state index contributed by atoms with van der Waals surface area (Å²) in [7, 11) is 0. The molecular weight excluding hydrogens is 212 g/mol. The molecular formula is C14H14N2O. The van der Waals surface area contributed by atoms with Crippen LogP contribution in [0.1, 0.15) is 28.5 Å². The second kappa shape index (κ2) is 4.45. The van der Waals surface area contributed by atoms with Gasteiger partial charge in [0.25, 0.3) is 0 Å². The maximum atomic E-state index is 11.6. The third kappa shape index (κ3) is 2.23. The van der Waals surface area contributed by atoms with Gasteiger partial charge in [-0.1, -0.05) is 6.07 Å². The Morgan fingerprint density at radius 2 is 1.88 bits per heavy atom. The standard InChI is InChI=1S/C14H14N2O/c1-9-5-4-8-15-13(9)14-12(11(3)17)7-6-10(2)16-14/h4-8H,1-3H3. The highest BCUT2D eigenvalue weighted by atomic mass is 16.1. The first kappa shape index (κ1) is 11.5. The Morgan fingerprint density at radius 1 is 1.12 bits per heavy atom. The van der Waals surface area contributed by atoms with Crippen molar-refractivity contribution < 1.29 is 4.79 Å². The Morgan fingerprint density at radius 3 is 2.53 bits per heavy atom. The Kier molecular flexibility index (Phi) is 3.00. The van der Waals surface area contributed by atoms with Gasteiger partial charge in [-0.05, 0) is 44.5 Å². The smallest absolute Gasteiger partial charge is 0.162 e. The number of carbonyl (C=O) groups excluding carboxylic acids is 1. The van der Waals surface area contributed by atoms with E-state index in [1.807, 2.05) is 38.1 Å². The molecule has 0 aliphatic heterocycles. The Labute approximate surface area is 101 Å². The molecule has 0 spiro atoms. The number of pyridine rings is 2. The first-order chi connectivity index (χ1) is 8.09. The molecule has 0 bridgehead atoms. The zero-order chi connectivity index (χ0) is 12.4. The monoisotopic (exact) mass is 226 g/mol. The third-order valence-corrected chi connectivity index (χ3v) is 2.65. The lowest BCUT2D eigenvalue weighted by atomic mass is 10.0. The molecule has 0 N–H and O–H groups in total. The molecule has 3 heteroatoms. The van der Waals surface area contributed by atoms with E-state index in [0.29, 0.717) is 11.3 Å². The number of hydrogen-bond donors (Lipinski definition) is 0. The molecule has 86 valence electrons. The lowest BCUT2D eigenvalue weighted by Crippen LogP contribution is -2.02. The SMILES string of the molecule is CC(=O)c1ccc(C)nc1-c1ncccc1C. The van der Waals surface area contributed by atoms with E-state index in [2.05, 4.69) is 9.97 Å². The lowest BCUT2D eigenvalue weighted by molar-refractivity contribution is 0.101. The molecule has 0 radical (unpaired) electrons. The highest BCUT2D eigenvalue weighted by Crippen LogP contribution is 2.23. The molecule has 2 rings (SSSR count). The molecule has 0 fully saturated rings. The van der Waals surface area contributed by atoms with Crippen LogP contribution in [0.3, 0.4) is 0 Å². The summed E-state index contributed by atoms with van der Waals surface area (Å²) in [5, 5.41) is 0. The Bertz CT molecular complexity index is 576. The lowest BCUT2D eigenvalue weighted by Gasteiger charge is -2.08. The molecule has 0 aliphatic rings. The predicted molar refractivity (Wildman–Crippen MR) is 66.9 cm³/mol. The summed E-state index contributed by atoms with van der Waals surface area (Å²) in [5.74, 6) is 0.0116. The zero-order valence-electron chi connectivity index (χ0n) is 10.2. The van der Waals surface area contributed by atoms with Crippen LogP contribution in [0.4, 0.5) is 0 Å². The summed E-state index contributed by atoms with van der Waals surface area (Å²) in [4.78, 5) is 20.4. The minimum absolute atomic E-state index is 0.0116. The van der Waals surface area contributed by atoms with Crippen LogP contribution in [0, 0.1) is 13.8 Å². The van der Waals surface area contributed by atoms with Crippen LogP contribution < -0.4 is 0 Å². The molecule has 3 nitrogen and oxygen atoms in total. The van der Waals surface area contributed by atoms with E-state index in [0.717, 1.165) is 17.0 Å². The number of carbonyl (C=O) groups is 1. The van der Waals surface area contributed by atoms with E-state index in [4.69, 9.17) is 0 Å². The van der Waals surface area contributed by atoms with Crippen molar-refractivity contribution in [3.8, 4) is 11.4 Å². The van der Waals surface area contributed by atoms with Gasteiger partial charge in [-0.3, -0.25) is 14.8 Å². The normalized spacial score (nSPS) is 10.3. The molecule has 0 aromatic carbocycles. The van der Waals surface area contributed by atoms with Gasteiger partial charge in [0.1, 0.15) is 0 Å². The van der Waals surface area contributed by atoms with Crippen LogP contribution >= 0.6 is 0 Å². The van der Waals surface area contributed by atoms with E-state index in [1.54, 1.807) is 13.1 Å². The largest absolute Gasteiger partial charge is 0.294 e. The fraction of sp³-hybridized carbons (Fsp3) is 0.214. The number of hydrogen-bond acceptors (Lipinski definition) is 3. The van der Waals surface area contributed by atoms with Crippen LogP contribution in [-0.2, 0) is 0 Å². The Hall–Kier alpha value is -2.03. The highest BCUT2D eigenvalue weighted by Gasteiger charge is 2.13. The summed E-state index contributed by atoms with van der Waals surface area (Å²) in [6.07, 6.45) is 1.72. The molecule has 0 saturated heterocycles. The summed E-state index contributed by atoms with van der Waals surface area (Å²) in [6, 6.07) is 7.50. The van der Waals surface area contributed by atoms with Crippen molar-refractivity contribution in [2.75, 3.05) is 0 Å². The maximum Gasteiger partial charge on any atom is 0.162 e. The van der Waals surface area contributed by atoms with Crippen molar-refractivity contribution in [3.05, 3.63) is 47.3 Å². The fourth-order valence-corrected chi connectivity index (χ4v) is 1.75. The quantitative estimate of drug-likeness (QED) is 0.739. The van der Waals surface area contributed by atoms with Crippen LogP contribution in [0.5, 0.6) is 0 Å². The van der Waals surface area contributed by atoms with Crippen LogP contribution in [0.15, 0.2) is 30.5 Å². The molecule has 2 aromatic rings. The number of rotatable bonds is 2. The first-order valence-corrected chi connectivity index (χ1v) is 5.50. The molecule has 17 heavy (non-hydrogen) atoms. The zero-order valence-corrected chi connectivity index (χ0v) is 10.2. The predicted octanol–water partition coefficient (Wildman–Crippen LogP) is 2.96. The van der Waals surface area contributed by atoms with E-state index >= 15 is 0 Å². The van der Waals surface area contributed by atoms with E-state index in [1.165, 1.54) is 0 Å². The van der Waals surface area contributed by atoms with Crippen LogP contribution in [0.2, 0.25) is 0 Å². The second-order valence-electron chi connectivity index (χ2n) is 4.07. The second-order valence-corrected chi connectivity index (χ2v) is 4.07. The average molecular weight is 226 g/mol. The number of nitrogens with zero attached hydrogens (tertiary/aromatic N) is 2. The molecule has 0 saturated carbocycles. The first-order valence-electron chi connectivity index (χ1n) is 5.50. The topological polar surface area (TPSA) is 42.9 Å². The van der Waals surface area contributed by atoms with Crippen molar-refractivity contribution in [2.24, 2.45) is 0 Å². The van der Waals surface area contributed by atoms with Gasteiger partial charge in [-0.25, -0.2) is 0 Å². The van der Waals surface area contributed by atoms with Gasteiger partial charge in [0.05, 0.1) is 11.4 Å². The van der Waals surface area contributed by atoms with Gasteiger partial charge in [0, 0.05) is 17.5 Å². The van der Waals surface area contributed by atoms with Crippen molar-refractivity contribution >= 4 is 5.78 Å². The molecule has 0 atom stereocenters. The number of Topliss-reactive ketones (excluding diaryl/α,β-unsaturated/α-hetero) is 1. The van der Waals surface area contributed by atoms with Gasteiger partial charge >= 0.3 is 0 Å². The van der Waals surface area contributed by atoms with Crippen molar-refractivity contribution in [1.82, 2.24) is 9.97 Å². The average Bonchev–Trinajstić information content (AvgIpc) is 2.29. The fourth-order valence-electron chi connectivity index (χ4n) is 1.75. The van der Waals surface area contributed by atoms with E-state index < -0.39 is 0 Å². The van der Waals surface area contributed by atoms with Gasteiger partial charge in [0.15, 0.2) is 5.78 Å². The van der Waals surface area contributed by atoms with Gasteiger partial charge in [0.2, 0.25) is 0 Å². The highest BCUT2D eigenvalue weighted by molar-refractivity contribution is 5.99. The molecule has 0 amide bonds. The Balaban J connectivity index is 2.70. The molecule has 2 heterocycles. The van der Waals surface area contributed by atoms with Crippen molar-refractivity contribution in [1.29, 1.82) is 0 Å². The third-order valence-electron chi connectivity index (χ3n) is 2.65. The summed E-state index contributed by atoms with van der Waals surface area (Å²) >= 11 is 0. The minimum atomic E-state index is 0.0116. The summed E-state index contributed by atoms with van der Waals surface area (Å²) < 4.78 is 0. The summed E-state index contributed by atoms with van der Waals surface area (Å²) in [5.41, 5.74) is 3.98. The molecule has 0 unspecified atom stereocenters. The molecule has 2 aromatic heterocycles. The number of aryl methyl sites for hydroxylation is 2. The van der Waals surface area contributed by atoms with Gasteiger partial charge in [-0.2, -0.15) is 0 Å². The number of aromatic nitrogens is 2. The number of ketones is 1. The van der Waals surface area contributed by atoms with Crippen LogP contribution in [-0.4, -0.2) is 15.8 Å². The van der Waals surface area contributed by atoms with Crippen molar-refractivity contribution in [3.63, 3.8) is 0 Å². The van der Waals surface area contributed by atoms with Crippen molar-refractivity contribution in [2.45, 2.75) is 20.8 Å². The summed E-state index contributed by atoms with van der Waals surface area (Å²) in [6.45, 7) is 5.43. The van der Waals surface area contributed by atoms with Crippen LogP contribution in [0.25, 0.3) is 11.4 Å². The maximum absolute atomic E-state index is 11.6. The van der Waals surface area contributed by atoms with Gasteiger partial charge < -0.3 is 0 Å².